The lowest BCUT2D eigenvalue weighted by atomic mass is 9.77. The third-order valence-corrected chi connectivity index (χ3v) is 24.6. The van der Waals surface area contributed by atoms with Gasteiger partial charge in [0.25, 0.3) is 0 Å². The minimum absolute atomic E-state index is 0.0127. The molecular weight excluding hydrogens is 1810 g/mol. The molecular formula is C110H182F12O16. The van der Waals surface area contributed by atoms with Gasteiger partial charge >= 0.3 is 42.6 Å². The molecule has 15 unspecified atom stereocenters. The van der Waals surface area contributed by atoms with Crippen molar-refractivity contribution in [2.75, 3.05) is 0 Å². The van der Waals surface area contributed by atoms with Gasteiger partial charge in [0.05, 0.1) is 29.1 Å². The number of halogens is 12. The summed E-state index contributed by atoms with van der Waals surface area (Å²) in [5, 5.41) is 115. The van der Waals surface area contributed by atoms with Crippen molar-refractivity contribution >= 4 is 17.9 Å². The number of hydrogen-bond acceptors (Lipinski definition) is 13. The van der Waals surface area contributed by atoms with Crippen molar-refractivity contribution in [3.05, 3.63) is 160 Å². The topological polar surface area (TPSA) is 314 Å². The molecule has 0 saturated heterocycles. The molecule has 802 valence electrons. The summed E-state index contributed by atoms with van der Waals surface area (Å²) in [6, 6.07) is 38.9. The van der Waals surface area contributed by atoms with Crippen molar-refractivity contribution in [1.82, 2.24) is 0 Å². The number of aromatic hydroxyl groups is 3. The smallest absolute Gasteiger partial charge is 0.417 e. The summed E-state index contributed by atoms with van der Waals surface area (Å²) >= 11 is 0. The van der Waals surface area contributed by atoms with E-state index in [1.165, 1.54) is 78.0 Å². The lowest BCUT2D eigenvalue weighted by Gasteiger charge is -2.37. The highest BCUT2D eigenvalue weighted by atomic mass is 19.4. The first-order valence-corrected chi connectivity index (χ1v) is 50.1. The Balaban J connectivity index is -0.000000465. The lowest BCUT2D eigenvalue weighted by Crippen LogP contribution is -2.50. The van der Waals surface area contributed by atoms with Gasteiger partial charge < -0.3 is 66.4 Å². The number of carboxylic acids is 3. The van der Waals surface area contributed by atoms with Crippen LogP contribution in [0.25, 0.3) is 0 Å². The van der Waals surface area contributed by atoms with Crippen molar-refractivity contribution in [3.63, 3.8) is 0 Å². The summed E-state index contributed by atoms with van der Waals surface area (Å²) in [7, 11) is 0. The lowest BCUT2D eigenvalue weighted by molar-refractivity contribution is -0.277. The highest BCUT2D eigenvalue weighted by Crippen LogP contribution is 2.56. The van der Waals surface area contributed by atoms with Crippen LogP contribution in [0.3, 0.4) is 0 Å². The predicted molar refractivity (Wildman–Crippen MR) is 535 cm³/mol. The quantitative estimate of drug-likeness (QED) is 0.0270. The van der Waals surface area contributed by atoms with E-state index >= 15 is 0 Å². The molecule has 11 rings (SSSR count). The fourth-order valence-electron chi connectivity index (χ4n) is 15.7. The van der Waals surface area contributed by atoms with Crippen LogP contribution < -0.4 is 0 Å². The Morgan fingerprint density at radius 3 is 0.906 bits per heavy atom. The third kappa shape index (κ3) is 60.3. The molecule has 6 saturated carbocycles. The molecule has 0 heterocycles. The van der Waals surface area contributed by atoms with Gasteiger partial charge in [0.2, 0.25) is 0 Å². The minimum Gasteiger partial charge on any atom is -0.508 e. The number of carboxylic acid groups (broad SMARTS) is 3. The summed E-state index contributed by atoms with van der Waals surface area (Å²) < 4.78 is 145. The highest BCUT2D eigenvalue weighted by Gasteiger charge is 2.60. The zero-order valence-corrected chi connectivity index (χ0v) is 88.3. The molecule has 6 aliphatic rings. The van der Waals surface area contributed by atoms with Gasteiger partial charge in [-0.1, -0.05) is 248 Å². The van der Waals surface area contributed by atoms with Gasteiger partial charge in [-0.3, -0.25) is 14.4 Å². The fourth-order valence-corrected chi connectivity index (χ4v) is 15.7. The molecule has 0 radical (unpaired) electrons. The first kappa shape index (κ1) is 139. The Morgan fingerprint density at radius 2 is 0.703 bits per heavy atom. The second-order valence-electron chi connectivity index (χ2n) is 38.5. The molecule has 0 aliphatic heterocycles. The second kappa shape index (κ2) is 69.7. The molecule has 0 aromatic heterocycles. The summed E-state index contributed by atoms with van der Waals surface area (Å²) in [5.74, 6) is 1.81. The monoisotopic (exact) mass is 1990 g/mol. The van der Waals surface area contributed by atoms with Crippen LogP contribution >= 0.6 is 0 Å². The van der Waals surface area contributed by atoms with Crippen LogP contribution in [-0.2, 0) is 52.9 Å². The van der Waals surface area contributed by atoms with E-state index in [2.05, 4.69) is 90.1 Å². The van der Waals surface area contributed by atoms with Gasteiger partial charge in [-0.25, -0.2) is 0 Å². The van der Waals surface area contributed by atoms with Crippen LogP contribution in [0.4, 0.5) is 52.7 Å². The van der Waals surface area contributed by atoms with E-state index < -0.39 is 82.1 Å². The SMILES string of the molecule is CC.CC.CC.CC(C)c1ccc(O)cc1.CC(O)(C1CC2CCC1C2)C(F)(F)F.CC(O)(CC1CC2CCC1C2)C(F)(F)F.CCC(C)(O)C(F)(F)F.CCC(C)C(=O)O.CCC(C)O.CCCC(=O)O.CCCC(C)(O)C(F)(F)F.CCCc1ccc(CC(C)(C)O)cc1.CCCc1ccc(O)cc1.CCc1ccc(CC(C)(C)O)cc1.CCc1ccc(O)cc1.O=C(O)C1CC2CCC1C2. The van der Waals surface area contributed by atoms with E-state index in [4.69, 9.17) is 46.0 Å². The number of carbonyl (C=O) groups is 3. The van der Waals surface area contributed by atoms with Crippen LogP contribution in [-0.4, -0.2) is 149 Å². The molecule has 138 heavy (non-hydrogen) atoms. The number of phenolic OH excluding ortho intramolecular Hbond substituents is 3. The van der Waals surface area contributed by atoms with Crippen LogP contribution in [0.5, 0.6) is 17.2 Å². The Morgan fingerprint density at radius 1 is 0.377 bits per heavy atom. The molecule has 28 heteroatoms. The molecule has 5 aromatic rings. The van der Waals surface area contributed by atoms with Gasteiger partial charge in [0.1, 0.15) is 17.2 Å². The van der Waals surface area contributed by atoms with Gasteiger partial charge in [-0.05, 0) is 313 Å². The van der Waals surface area contributed by atoms with E-state index in [1.54, 1.807) is 57.2 Å². The molecule has 0 amide bonds. The molecule has 6 bridgehead atoms. The second-order valence-corrected chi connectivity index (χ2v) is 38.5. The largest absolute Gasteiger partial charge is 0.508 e. The number of benzene rings is 5. The standard InChI is InChI=1S/C13H20O.C12H18O.C11H17F3O.C10H15F3O.2C9H12O.C8H12O2.C8H10O.C6H11F3O.C5H9F3O.C5H10O2.C4H8O2.C4H10O.3C2H6/c1-4-5-11-6-8-12(9-7-11)10-13(2,3)14;1-4-10-5-7-11(8-6-10)9-12(2,3)13;1-10(15,11(12,13)14)6-9-5-7-2-3-8(9)4-7;1-9(14,10(11,12)13)8-5-6-2-3-7(8)4-6;1-7(2)8-3-5-9(10)6-4-8;1-2-3-8-4-6-9(10)7-5-8;9-8(10)7-4-5-1-2-6(7)3-5;1-2-7-3-5-8(9)6-4-7;1-3-4-5(2,10)6(7,8)9;1-3-4(2,9)5(6,7)8;1-3-4(2)5(6)7;1-2-3-4(5)6;1-3-4(2)5;3*1-2/h6-9,14H,4-5,10H2,1-3H3;5-8,13H,4,9H2,1-3H3;7-9,15H,2-6H2,1H3;6-8,14H,2-5H2,1H3;3-7,10H,1-2H3;4-7,10H,2-3H2,1H3;5-7H,1-4H2,(H,9,10);3-6,9H,2H2,1H3;10H,3-4H2,1-2H3;9H,3H2,1-2H3;4H,3H2,1-2H3,(H,6,7);2-3H2,1H3,(H,5,6);4-5H,3H2,1-2H3;3*1-2H3. The number of alkyl halides is 12. The number of hydrogen-bond donors (Lipinski definition) is 13. The third-order valence-electron chi connectivity index (χ3n) is 24.6. The average molecular weight is 1990 g/mol. The average Bonchev–Trinajstić information content (AvgIpc) is 1.60. The molecule has 0 spiro atoms. The maximum atomic E-state index is 12.6. The number of aryl methyl sites for hydroxylation is 4. The first-order chi connectivity index (χ1) is 63.6. The van der Waals surface area contributed by atoms with Crippen molar-refractivity contribution in [3.8, 4) is 17.2 Å². The minimum atomic E-state index is -4.50. The number of phenols is 3. The van der Waals surface area contributed by atoms with E-state index in [-0.39, 0.29) is 49.0 Å². The maximum Gasteiger partial charge on any atom is 0.417 e. The first-order valence-electron chi connectivity index (χ1n) is 50.1. The summed E-state index contributed by atoms with van der Waals surface area (Å²) in [4.78, 5) is 30.1. The Kier molecular flexibility index (Phi) is 70.3. The predicted octanol–water partition coefficient (Wildman–Crippen LogP) is 29.4. The van der Waals surface area contributed by atoms with Crippen LogP contribution in [0.2, 0.25) is 0 Å². The van der Waals surface area contributed by atoms with Crippen molar-refractivity contribution in [1.29, 1.82) is 0 Å². The molecule has 5 aromatic carbocycles. The van der Waals surface area contributed by atoms with Crippen LogP contribution in [0.15, 0.2) is 121 Å². The van der Waals surface area contributed by atoms with Crippen LogP contribution in [0.1, 0.15) is 373 Å². The number of aliphatic carboxylic acids is 3. The Hall–Kier alpha value is -7.21. The summed E-state index contributed by atoms with van der Waals surface area (Å²) in [6.45, 7) is 47.6. The van der Waals surface area contributed by atoms with E-state index in [9.17, 15) is 87.5 Å². The van der Waals surface area contributed by atoms with E-state index in [0.717, 1.165) is 143 Å². The zero-order chi connectivity index (χ0) is 108. The van der Waals surface area contributed by atoms with Gasteiger partial charge in [-0.15, -0.1) is 0 Å². The highest BCUT2D eigenvalue weighted by molar-refractivity contribution is 5.71. The number of aliphatic hydroxyl groups excluding tert-OH is 1. The zero-order valence-electron chi connectivity index (χ0n) is 88.3. The normalized spacial score (nSPS) is 20.4. The van der Waals surface area contributed by atoms with Gasteiger partial charge in [0, 0.05) is 19.3 Å². The van der Waals surface area contributed by atoms with Crippen LogP contribution in [0, 0.1) is 59.2 Å². The maximum absolute atomic E-state index is 12.6. The molecule has 6 aliphatic carbocycles. The molecule has 16 nitrogen and oxygen atoms in total. The number of fused-ring (bicyclic) bond motifs is 6. The molecule has 15 atom stereocenters. The number of aliphatic hydroxyl groups is 7. The van der Waals surface area contributed by atoms with Crippen molar-refractivity contribution in [2.45, 2.75) is 437 Å². The van der Waals surface area contributed by atoms with E-state index in [0.29, 0.717) is 66.1 Å². The van der Waals surface area contributed by atoms with E-state index in [1.807, 2.05) is 126 Å². The van der Waals surface area contributed by atoms with Gasteiger partial charge in [0.15, 0.2) is 22.4 Å². The Labute approximate surface area is 821 Å². The molecule has 13 N–H and O–H groups in total. The summed E-state index contributed by atoms with van der Waals surface area (Å²) in [5.41, 5.74) is -2.27. The van der Waals surface area contributed by atoms with Crippen molar-refractivity contribution in [2.24, 2.45) is 59.2 Å². The number of rotatable bonds is 23. The van der Waals surface area contributed by atoms with Gasteiger partial charge in [-0.2, -0.15) is 52.7 Å². The Bertz CT molecular complexity index is 3870. The molecule has 6 fully saturated rings. The summed E-state index contributed by atoms with van der Waals surface area (Å²) in [6.07, 6.45) is 4.46. The van der Waals surface area contributed by atoms with Crippen molar-refractivity contribution < 1.29 is 133 Å². The fraction of sp³-hybridized carbons (Fsp3) is 0.700.